The summed E-state index contributed by atoms with van der Waals surface area (Å²) in [6.07, 6.45) is 0. The Bertz CT molecular complexity index is 921. The molecule has 0 saturated heterocycles. The molecule has 2 amide bonds. The lowest BCUT2D eigenvalue weighted by Crippen LogP contribution is -2.21. The topological polar surface area (TPSA) is 67.4 Å². The molecule has 3 aromatic rings. The second kappa shape index (κ2) is 7.49. The molecule has 2 N–H and O–H groups in total. The molecule has 0 spiro atoms. The van der Waals surface area contributed by atoms with E-state index in [-0.39, 0.29) is 18.4 Å². The number of anilines is 2. The van der Waals surface area contributed by atoms with Gasteiger partial charge in [0.15, 0.2) is 6.61 Å². The zero-order chi connectivity index (χ0) is 17.6. The molecule has 0 fully saturated rings. The highest BCUT2D eigenvalue weighted by Crippen LogP contribution is 2.22. The van der Waals surface area contributed by atoms with Gasteiger partial charge in [0.25, 0.3) is 5.91 Å². The van der Waals surface area contributed by atoms with E-state index in [1.807, 2.05) is 42.5 Å². The van der Waals surface area contributed by atoms with Crippen LogP contribution in [0.4, 0.5) is 11.4 Å². The molecule has 25 heavy (non-hydrogen) atoms. The Morgan fingerprint density at radius 1 is 0.840 bits per heavy atom. The highest BCUT2D eigenvalue weighted by molar-refractivity contribution is 5.99. The van der Waals surface area contributed by atoms with Gasteiger partial charge in [-0.25, -0.2) is 0 Å². The largest absolute Gasteiger partial charge is 0.484 e. The molecular formula is C20H18N2O3. The summed E-state index contributed by atoms with van der Waals surface area (Å²) in [5, 5.41) is 7.59. The third-order valence-electron chi connectivity index (χ3n) is 3.60. The Labute approximate surface area is 145 Å². The van der Waals surface area contributed by atoms with Crippen LogP contribution in [0.1, 0.15) is 6.92 Å². The molecule has 5 nitrogen and oxygen atoms in total. The van der Waals surface area contributed by atoms with Crippen LogP contribution in [0.5, 0.6) is 5.75 Å². The highest BCUT2D eigenvalue weighted by atomic mass is 16.5. The maximum atomic E-state index is 12.1. The van der Waals surface area contributed by atoms with Gasteiger partial charge in [0.1, 0.15) is 5.75 Å². The lowest BCUT2D eigenvalue weighted by atomic mass is 10.1. The zero-order valence-electron chi connectivity index (χ0n) is 13.8. The Hall–Kier alpha value is -3.34. The fraction of sp³-hybridized carbons (Fsp3) is 0.100. The number of hydrogen-bond donors (Lipinski definition) is 2. The van der Waals surface area contributed by atoms with Crippen molar-refractivity contribution in [2.45, 2.75) is 6.92 Å². The van der Waals surface area contributed by atoms with Gasteiger partial charge in [-0.3, -0.25) is 9.59 Å². The SMILES string of the molecule is CC(=O)Nc1ccccc1NC(=O)COc1ccc2ccccc2c1. The first-order valence-corrected chi connectivity index (χ1v) is 7.90. The number of fused-ring (bicyclic) bond motifs is 1. The van der Waals surface area contributed by atoms with Gasteiger partial charge in [0, 0.05) is 6.92 Å². The van der Waals surface area contributed by atoms with Crippen LogP contribution >= 0.6 is 0 Å². The fourth-order valence-electron chi connectivity index (χ4n) is 2.48. The summed E-state index contributed by atoms with van der Waals surface area (Å²) in [4.78, 5) is 23.4. The van der Waals surface area contributed by atoms with E-state index in [0.29, 0.717) is 17.1 Å². The van der Waals surface area contributed by atoms with Crippen LogP contribution in [-0.2, 0) is 9.59 Å². The Balaban J connectivity index is 1.63. The van der Waals surface area contributed by atoms with Crippen molar-refractivity contribution in [1.29, 1.82) is 0 Å². The molecule has 0 bridgehead atoms. The van der Waals surface area contributed by atoms with E-state index >= 15 is 0 Å². The molecule has 0 radical (unpaired) electrons. The van der Waals surface area contributed by atoms with E-state index < -0.39 is 0 Å². The number of carbonyl (C=O) groups excluding carboxylic acids is 2. The van der Waals surface area contributed by atoms with Gasteiger partial charge in [-0.1, -0.05) is 42.5 Å². The molecule has 3 rings (SSSR count). The first-order chi connectivity index (χ1) is 12.1. The molecule has 0 saturated carbocycles. The van der Waals surface area contributed by atoms with E-state index in [9.17, 15) is 9.59 Å². The minimum absolute atomic E-state index is 0.118. The number of ether oxygens (including phenoxy) is 1. The number of para-hydroxylation sites is 2. The average molecular weight is 334 g/mol. The lowest BCUT2D eigenvalue weighted by molar-refractivity contribution is -0.118. The van der Waals surface area contributed by atoms with Crippen LogP contribution in [0.15, 0.2) is 66.7 Å². The van der Waals surface area contributed by atoms with Crippen LogP contribution in [0.3, 0.4) is 0 Å². The van der Waals surface area contributed by atoms with Crippen LogP contribution < -0.4 is 15.4 Å². The van der Waals surface area contributed by atoms with Gasteiger partial charge in [0.2, 0.25) is 5.91 Å². The van der Waals surface area contributed by atoms with Crippen molar-refractivity contribution in [2.75, 3.05) is 17.2 Å². The summed E-state index contributed by atoms with van der Waals surface area (Å²) in [6.45, 7) is 1.30. The van der Waals surface area contributed by atoms with Crippen molar-refractivity contribution < 1.29 is 14.3 Å². The van der Waals surface area contributed by atoms with Gasteiger partial charge in [0.05, 0.1) is 11.4 Å². The summed E-state index contributed by atoms with van der Waals surface area (Å²) in [6, 6.07) is 20.6. The third-order valence-corrected chi connectivity index (χ3v) is 3.60. The summed E-state index contributed by atoms with van der Waals surface area (Å²) >= 11 is 0. The molecule has 0 unspecified atom stereocenters. The van der Waals surface area contributed by atoms with Crippen LogP contribution in [0, 0.1) is 0 Å². The highest BCUT2D eigenvalue weighted by Gasteiger charge is 2.08. The van der Waals surface area contributed by atoms with Crippen molar-refractivity contribution in [1.82, 2.24) is 0 Å². The third kappa shape index (κ3) is 4.35. The number of hydrogen-bond acceptors (Lipinski definition) is 3. The fourth-order valence-corrected chi connectivity index (χ4v) is 2.48. The maximum absolute atomic E-state index is 12.1. The van der Waals surface area contributed by atoms with Crippen molar-refractivity contribution in [2.24, 2.45) is 0 Å². The molecule has 0 atom stereocenters. The summed E-state index contributed by atoms with van der Waals surface area (Å²) in [5.41, 5.74) is 1.08. The van der Waals surface area contributed by atoms with Crippen molar-refractivity contribution in [3.8, 4) is 5.75 Å². The van der Waals surface area contributed by atoms with Crippen LogP contribution in [0.25, 0.3) is 10.8 Å². The number of benzene rings is 3. The van der Waals surface area contributed by atoms with E-state index in [2.05, 4.69) is 10.6 Å². The summed E-state index contributed by atoms with van der Waals surface area (Å²) in [7, 11) is 0. The van der Waals surface area contributed by atoms with Crippen molar-refractivity contribution in [3.63, 3.8) is 0 Å². The molecule has 0 aliphatic carbocycles. The normalized spacial score (nSPS) is 10.3. The first-order valence-electron chi connectivity index (χ1n) is 7.90. The molecule has 0 aliphatic rings. The van der Waals surface area contributed by atoms with Gasteiger partial charge in [-0.15, -0.1) is 0 Å². The molecule has 0 aromatic heterocycles. The molecule has 0 heterocycles. The number of rotatable bonds is 5. The minimum Gasteiger partial charge on any atom is -0.484 e. The Morgan fingerprint density at radius 3 is 2.20 bits per heavy atom. The number of carbonyl (C=O) groups is 2. The van der Waals surface area contributed by atoms with Crippen LogP contribution in [-0.4, -0.2) is 18.4 Å². The van der Waals surface area contributed by atoms with Gasteiger partial charge < -0.3 is 15.4 Å². The number of nitrogens with one attached hydrogen (secondary N) is 2. The molecule has 5 heteroatoms. The molecule has 0 aliphatic heterocycles. The van der Waals surface area contributed by atoms with Gasteiger partial charge in [-0.2, -0.15) is 0 Å². The average Bonchev–Trinajstić information content (AvgIpc) is 2.61. The monoisotopic (exact) mass is 334 g/mol. The van der Waals surface area contributed by atoms with Crippen molar-refractivity contribution >= 4 is 34.0 Å². The number of amides is 2. The summed E-state index contributed by atoms with van der Waals surface area (Å²) in [5.74, 6) is 0.129. The van der Waals surface area contributed by atoms with E-state index in [0.717, 1.165) is 10.8 Å². The second-order valence-electron chi connectivity index (χ2n) is 5.57. The van der Waals surface area contributed by atoms with E-state index in [1.54, 1.807) is 24.3 Å². The zero-order valence-corrected chi connectivity index (χ0v) is 13.8. The van der Waals surface area contributed by atoms with E-state index in [4.69, 9.17) is 4.74 Å². The lowest BCUT2D eigenvalue weighted by Gasteiger charge is -2.12. The predicted molar refractivity (Wildman–Crippen MR) is 98.8 cm³/mol. The minimum atomic E-state index is -0.300. The molecule has 126 valence electrons. The predicted octanol–water partition coefficient (Wildman–Crippen LogP) is 3.82. The Kier molecular flexibility index (Phi) is 4.95. The first kappa shape index (κ1) is 16.5. The Morgan fingerprint density at radius 2 is 1.48 bits per heavy atom. The molecular weight excluding hydrogens is 316 g/mol. The molecule has 3 aromatic carbocycles. The quantitative estimate of drug-likeness (QED) is 0.745. The van der Waals surface area contributed by atoms with Gasteiger partial charge >= 0.3 is 0 Å². The van der Waals surface area contributed by atoms with E-state index in [1.165, 1.54) is 6.92 Å². The van der Waals surface area contributed by atoms with Gasteiger partial charge in [-0.05, 0) is 35.0 Å². The summed E-state index contributed by atoms with van der Waals surface area (Å²) < 4.78 is 5.57. The second-order valence-corrected chi connectivity index (χ2v) is 5.57. The standard InChI is InChI=1S/C20H18N2O3/c1-14(23)21-18-8-4-5-9-19(18)22-20(24)13-25-17-11-10-15-6-2-3-7-16(15)12-17/h2-12H,13H2,1H3,(H,21,23)(H,22,24). The maximum Gasteiger partial charge on any atom is 0.262 e. The van der Waals surface area contributed by atoms with Crippen LogP contribution in [0.2, 0.25) is 0 Å². The smallest absolute Gasteiger partial charge is 0.262 e. The van der Waals surface area contributed by atoms with Crippen molar-refractivity contribution in [3.05, 3.63) is 66.7 Å².